The molecule has 1 saturated carbocycles. The third kappa shape index (κ3) is 4.73. The van der Waals surface area contributed by atoms with Crippen LogP contribution in [-0.2, 0) is 19.1 Å². The first kappa shape index (κ1) is 24.7. The summed E-state index contributed by atoms with van der Waals surface area (Å²) in [6, 6.07) is -1.07. The van der Waals surface area contributed by atoms with E-state index in [4.69, 9.17) is 4.74 Å². The Morgan fingerprint density at radius 3 is 2.50 bits per heavy atom. The van der Waals surface area contributed by atoms with Crippen molar-refractivity contribution in [3.63, 3.8) is 0 Å². The minimum Gasteiger partial charge on any atom is -0.466 e. The van der Waals surface area contributed by atoms with Gasteiger partial charge in [-0.15, -0.1) is 0 Å². The Hall–Kier alpha value is -1.89. The Labute approximate surface area is 191 Å². The van der Waals surface area contributed by atoms with E-state index >= 15 is 0 Å². The van der Waals surface area contributed by atoms with E-state index in [0.717, 1.165) is 32.1 Å². The van der Waals surface area contributed by atoms with Crippen LogP contribution < -0.4 is 5.32 Å². The zero-order chi connectivity index (χ0) is 23.4. The Kier molecular flexibility index (Phi) is 8.37. The standard InChI is InChI=1S/C25H40N2O5/c1-5-15(3)19(14-28)27-22(23(29)26-17-10-8-7-9-11-17)18-13-12-16(4)20(21(18)24(27)30)25(31)32-6-2/h12-13,15-22,28H,5-11,14H2,1-4H3,(H,26,29)/t15-,16+,18-,19-,20+,21+,22-/m0/s1. The summed E-state index contributed by atoms with van der Waals surface area (Å²) < 4.78 is 5.32. The second kappa shape index (κ2) is 10.8. The van der Waals surface area contributed by atoms with Crippen molar-refractivity contribution < 1.29 is 24.2 Å². The lowest BCUT2D eigenvalue weighted by atomic mass is 9.70. The molecule has 7 nitrogen and oxygen atoms in total. The lowest BCUT2D eigenvalue weighted by molar-refractivity contribution is -0.156. The number of nitrogens with zero attached hydrogens (tertiary/aromatic N) is 1. The molecule has 3 rings (SSSR count). The number of carbonyl (C=O) groups excluding carboxylic acids is 3. The predicted octanol–water partition coefficient (Wildman–Crippen LogP) is 2.67. The first-order valence-electron chi connectivity index (χ1n) is 12.4. The molecular weight excluding hydrogens is 408 g/mol. The Morgan fingerprint density at radius 2 is 1.91 bits per heavy atom. The van der Waals surface area contributed by atoms with E-state index in [1.165, 1.54) is 6.42 Å². The number of ether oxygens (including phenoxy) is 1. The summed E-state index contributed by atoms with van der Waals surface area (Å²) in [6.45, 7) is 7.72. The van der Waals surface area contributed by atoms with Crippen LogP contribution in [0.1, 0.15) is 66.2 Å². The van der Waals surface area contributed by atoms with Crippen molar-refractivity contribution in [2.24, 2.45) is 29.6 Å². The monoisotopic (exact) mass is 448 g/mol. The number of aliphatic hydroxyl groups is 1. The molecule has 2 aliphatic carbocycles. The van der Waals surface area contributed by atoms with Gasteiger partial charge in [0.25, 0.3) is 0 Å². The number of allylic oxidation sites excluding steroid dienone is 1. The highest BCUT2D eigenvalue weighted by Gasteiger charge is 2.59. The van der Waals surface area contributed by atoms with Crippen molar-refractivity contribution in [3.8, 4) is 0 Å². The van der Waals surface area contributed by atoms with E-state index in [1.807, 2.05) is 32.9 Å². The van der Waals surface area contributed by atoms with Crippen LogP contribution in [0.4, 0.5) is 0 Å². The molecule has 1 heterocycles. The van der Waals surface area contributed by atoms with E-state index < -0.39 is 29.8 Å². The molecule has 32 heavy (non-hydrogen) atoms. The molecule has 7 atom stereocenters. The summed E-state index contributed by atoms with van der Waals surface area (Å²) in [6.07, 6.45) is 9.94. The molecule has 0 radical (unpaired) electrons. The van der Waals surface area contributed by atoms with Gasteiger partial charge in [0.05, 0.1) is 31.1 Å². The van der Waals surface area contributed by atoms with E-state index in [2.05, 4.69) is 5.32 Å². The minimum absolute atomic E-state index is 0.0246. The van der Waals surface area contributed by atoms with Crippen LogP contribution in [0.15, 0.2) is 12.2 Å². The highest BCUT2D eigenvalue weighted by Crippen LogP contribution is 2.45. The van der Waals surface area contributed by atoms with Gasteiger partial charge in [-0.3, -0.25) is 14.4 Å². The molecule has 3 aliphatic rings. The van der Waals surface area contributed by atoms with Gasteiger partial charge in [0.15, 0.2) is 0 Å². The largest absolute Gasteiger partial charge is 0.466 e. The normalized spacial score (nSPS) is 32.3. The number of amides is 2. The summed E-state index contributed by atoms with van der Waals surface area (Å²) >= 11 is 0. The molecular formula is C25H40N2O5. The zero-order valence-electron chi connectivity index (χ0n) is 20.0. The molecule has 0 unspecified atom stereocenters. The molecule has 7 heteroatoms. The van der Waals surface area contributed by atoms with Crippen LogP contribution >= 0.6 is 0 Å². The van der Waals surface area contributed by atoms with Gasteiger partial charge < -0.3 is 20.1 Å². The van der Waals surface area contributed by atoms with Crippen LogP contribution in [0.5, 0.6) is 0 Å². The molecule has 2 N–H and O–H groups in total. The number of hydrogen-bond acceptors (Lipinski definition) is 5. The smallest absolute Gasteiger partial charge is 0.310 e. The molecule has 1 saturated heterocycles. The molecule has 0 bridgehead atoms. The molecule has 0 aromatic carbocycles. The maximum atomic E-state index is 13.8. The number of nitrogens with one attached hydrogen (secondary N) is 1. The third-order valence-electron chi connectivity index (χ3n) is 7.83. The van der Waals surface area contributed by atoms with Crippen molar-refractivity contribution in [1.29, 1.82) is 0 Å². The SMILES string of the molecule is CCOC(=O)[C@H]1[C@@H]2C(=O)N([C@@H](CO)[C@@H](C)CC)[C@H](C(=O)NC3CCCCC3)[C@H]2C=C[C@H]1C. The summed E-state index contributed by atoms with van der Waals surface area (Å²) in [5.41, 5.74) is 0. The van der Waals surface area contributed by atoms with E-state index in [-0.39, 0.29) is 48.9 Å². The van der Waals surface area contributed by atoms with Crippen molar-refractivity contribution in [1.82, 2.24) is 10.2 Å². The molecule has 0 aromatic heterocycles. The first-order chi connectivity index (χ1) is 15.3. The van der Waals surface area contributed by atoms with Gasteiger partial charge in [0.1, 0.15) is 6.04 Å². The number of fused-ring (bicyclic) bond motifs is 1. The van der Waals surface area contributed by atoms with Crippen molar-refractivity contribution in [2.75, 3.05) is 13.2 Å². The second-order valence-corrected chi connectivity index (χ2v) is 9.79. The fourth-order valence-corrected chi connectivity index (χ4v) is 5.84. The topological polar surface area (TPSA) is 95.9 Å². The van der Waals surface area contributed by atoms with Crippen LogP contribution in [0.25, 0.3) is 0 Å². The third-order valence-corrected chi connectivity index (χ3v) is 7.83. The molecule has 2 fully saturated rings. The number of esters is 1. The van der Waals surface area contributed by atoms with Crippen LogP contribution in [0, 0.1) is 29.6 Å². The van der Waals surface area contributed by atoms with E-state index in [0.29, 0.717) is 0 Å². The Balaban J connectivity index is 1.98. The van der Waals surface area contributed by atoms with Crippen molar-refractivity contribution in [3.05, 3.63) is 12.2 Å². The first-order valence-corrected chi connectivity index (χ1v) is 12.4. The quantitative estimate of drug-likeness (QED) is 0.440. The number of rotatable bonds is 8. The molecule has 0 aromatic rings. The lowest BCUT2D eigenvalue weighted by Gasteiger charge is -2.37. The van der Waals surface area contributed by atoms with Crippen molar-refractivity contribution in [2.45, 2.75) is 84.3 Å². The predicted molar refractivity (Wildman–Crippen MR) is 121 cm³/mol. The van der Waals surface area contributed by atoms with Gasteiger partial charge in [-0.25, -0.2) is 0 Å². The fourth-order valence-electron chi connectivity index (χ4n) is 5.84. The van der Waals surface area contributed by atoms with Gasteiger partial charge in [0.2, 0.25) is 11.8 Å². The van der Waals surface area contributed by atoms with Gasteiger partial charge in [-0.2, -0.15) is 0 Å². The van der Waals surface area contributed by atoms with Gasteiger partial charge in [-0.1, -0.05) is 58.6 Å². The number of hydrogen-bond donors (Lipinski definition) is 2. The van der Waals surface area contributed by atoms with Gasteiger partial charge in [0, 0.05) is 12.0 Å². The van der Waals surface area contributed by atoms with Crippen molar-refractivity contribution >= 4 is 17.8 Å². The minimum atomic E-state index is -0.721. The maximum absolute atomic E-state index is 13.8. The average molecular weight is 449 g/mol. The number of carbonyl (C=O) groups is 3. The van der Waals surface area contributed by atoms with E-state index in [1.54, 1.807) is 11.8 Å². The second-order valence-electron chi connectivity index (χ2n) is 9.79. The van der Waals surface area contributed by atoms with Gasteiger partial charge in [-0.05, 0) is 31.6 Å². The summed E-state index contributed by atoms with van der Waals surface area (Å²) in [4.78, 5) is 41.9. The lowest BCUT2D eigenvalue weighted by Crippen LogP contribution is -2.55. The highest BCUT2D eigenvalue weighted by atomic mass is 16.5. The Morgan fingerprint density at radius 1 is 1.22 bits per heavy atom. The molecule has 1 aliphatic heterocycles. The summed E-state index contributed by atoms with van der Waals surface area (Å²) in [7, 11) is 0. The molecule has 180 valence electrons. The number of likely N-dealkylation sites (tertiary alicyclic amines) is 1. The fraction of sp³-hybridized carbons (Fsp3) is 0.800. The maximum Gasteiger partial charge on any atom is 0.310 e. The summed E-state index contributed by atoms with van der Waals surface area (Å²) in [5, 5.41) is 13.4. The zero-order valence-corrected chi connectivity index (χ0v) is 20.0. The molecule has 2 amide bonds. The summed E-state index contributed by atoms with van der Waals surface area (Å²) in [5.74, 6) is -2.57. The van der Waals surface area contributed by atoms with Gasteiger partial charge >= 0.3 is 5.97 Å². The van der Waals surface area contributed by atoms with Crippen LogP contribution in [-0.4, -0.2) is 59.1 Å². The number of aliphatic hydroxyl groups excluding tert-OH is 1. The highest BCUT2D eigenvalue weighted by molar-refractivity contribution is 5.96. The van der Waals surface area contributed by atoms with Crippen LogP contribution in [0.3, 0.4) is 0 Å². The Bertz CT molecular complexity index is 717. The average Bonchev–Trinajstić information content (AvgIpc) is 3.07. The van der Waals surface area contributed by atoms with E-state index in [9.17, 15) is 19.5 Å². The molecule has 0 spiro atoms. The van der Waals surface area contributed by atoms with Crippen LogP contribution in [0.2, 0.25) is 0 Å².